The maximum absolute atomic E-state index is 10.9. The Morgan fingerprint density at radius 3 is 2.60 bits per heavy atom. The van der Waals surface area contributed by atoms with Crippen LogP contribution < -0.4 is 16.4 Å². The molecule has 80 valence electrons. The summed E-state index contributed by atoms with van der Waals surface area (Å²) in [5.74, 6) is 2.33. The fourth-order valence-corrected chi connectivity index (χ4v) is 0.906. The number of hydrogen-bond acceptors (Lipinski definition) is 5. The number of amides is 1. The van der Waals surface area contributed by atoms with E-state index in [0.717, 1.165) is 0 Å². The third-order valence-corrected chi connectivity index (χ3v) is 1.61. The van der Waals surface area contributed by atoms with Crippen LogP contribution >= 0.6 is 12.6 Å². The van der Waals surface area contributed by atoms with Gasteiger partial charge in [-0.3, -0.25) is 4.79 Å². The molecule has 0 heterocycles. The minimum atomic E-state index is -0.802. The van der Waals surface area contributed by atoms with Gasteiger partial charge in [0.2, 0.25) is 0 Å². The zero-order valence-corrected chi connectivity index (χ0v) is 8.97. The maximum atomic E-state index is 10.9. The zero-order chi connectivity index (χ0) is 11.7. The van der Waals surface area contributed by atoms with E-state index in [1.165, 1.54) is 0 Å². The van der Waals surface area contributed by atoms with Crippen molar-refractivity contribution in [2.24, 2.45) is 5.73 Å². The molecule has 15 heavy (non-hydrogen) atoms. The molecule has 0 fully saturated rings. The van der Waals surface area contributed by atoms with Crippen LogP contribution in [-0.2, 0) is 4.79 Å². The van der Waals surface area contributed by atoms with E-state index in [2.05, 4.69) is 29.2 Å². The van der Waals surface area contributed by atoms with Crippen LogP contribution in [-0.4, -0.2) is 24.7 Å². The second-order valence-corrected chi connectivity index (χ2v) is 2.88. The summed E-state index contributed by atoms with van der Waals surface area (Å²) >= 11 is 3.98. The summed E-state index contributed by atoms with van der Waals surface area (Å²) in [6.45, 7) is 0.696. The minimum absolute atomic E-state index is 0.174. The fourth-order valence-electron chi connectivity index (χ4n) is 0.794. The highest BCUT2D eigenvalue weighted by Gasteiger charge is 2.11. The van der Waals surface area contributed by atoms with Crippen LogP contribution in [0.4, 0.5) is 0 Å². The first-order valence-electron chi connectivity index (χ1n) is 4.13. The van der Waals surface area contributed by atoms with Crippen molar-refractivity contribution >= 4 is 18.5 Å². The van der Waals surface area contributed by atoms with Crippen molar-refractivity contribution in [3.8, 4) is 18.4 Å². The van der Waals surface area contributed by atoms with Gasteiger partial charge in [-0.15, -0.1) is 6.42 Å². The molecule has 0 aliphatic heterocycles. The second-order valence-electron chi connectivity index (χ2n) is 2.43. The number of thiol groups is 1. The Bertz CT molecular complexity index is 337. The van der Waals surface area contributed by atoms with E-state index in [0.29, 0.717) is 12.3 Å². The molecule has 1 amide bonds. The predicted octanol–water partition coefficient (Wildman–Crippen LogP) is -1.05. The van der Waals surface area contributed by atoms with E-state index in [9.17, 15) is 4.79 Å². The van der Waals surface area contributed by atoms with Crippen molar-refractivity contribution in [3.05, 3.63) is 11.4 Å². The fraction of sp³-hybridized carbons (Fsp3) is 0.333. The summed E-state index contributed by atoms with van der Waals surface area (Å²) in [4.78, 5) is 10.9. The van der Waals surface area contributed by atoms with Crippen LogP contribution in [0.5, 0.6) is 0 Å². The first kappa shape index (κ1) is 13.2. The molecule has 0 aliphatic carbocycles. The van der Waals surface area contributed by atoms with E-state index in [1.807, 2.05) is 0 Å². The third kappa shape index (κ3) is 4.84. The van der Waals surface area contributed by atoms with Crippen LogP contribution in [0.15, 0.2) is 11.4 Å². The summed E-state index contributed by atoms with van der Waals surface area (Å²) in [6, 6.07) is 1.71. The molecule has 0 rings (SSSR count). The van der Waals surface area contributed by atoms with Crippen LogP contribution in [0, 0.1) is 23.7 Å². The minimum Gasteiger partial charge on any atom is -0.370 e. The highest BCUT2D eigenvalue weighted by atomic mass is 32.1. The Morgan fingerprint density at radius 2 is 2.20 bits per heavy atom. The number of nitrogens with one attached hydrogen (secondary N) is 2. The van der Waals surface area contributed by atoms with Crippen molar-refractivity contribution < 1.29 is 4.79 Å². The molecule has 0 saturated heterocycles. The lowest BCUT2D eigenvalue weighted by Crippen LogP contribution is -2.32. The molecular weight excluding hydrogens is 212 g/mol. The van der Waals surface area contributed by atoms with Gasteiger partial charge in [-0.2, -0.15) is 17.9 Å². The zero-order valence-electron chi connectivity index (χ0n) is 8.08. The second kappa shape index (κ2) is 7.60. The smallest absolute Gasteiger partial charge is 0.263 e. The molecule has 0 aromatic rings. The normalized spacial score (nSPS) is 10.6. The van der Waals surface area contributed by atoms with Gasteiger partial charge in [0.05, 0.1) is 6.54 Å². The molecule has 0 bridgehead atoms. The number of nitrogens with zero attached hydrogens (tertiary/aromatic N) is 1. The monoisotopic (exact) mass is 224 g/mol. The van der Waals surface area contributed by atoms with Gasteiger partial charge in [0.25, 0.3) is 5.91 Å². The van der Waals surface area contributed by atoms with Crippen molar-refractivity contribution in [1.82, 2.24) is 10.6 Å². The Morgan fingerprint density at radius 1 is 1.53 bits per heavy atom. The summed E-state index contributed by atoms with van der Waals surface area (Å²) in [7, 11) is 0. The maximum Gasteiger partial charge on any atom is 0.263 e. The van der Waals surface area contributed by atoms with Gasteiger partial charge < -0.3 is 16.4 Å². The largest absolute Gasteiger partial charge is 0.370 e. The number of carbonyl (C=O) groups excluding carboxylic acids is 1. The summed E-state index contributed by atoms with van der Waals surface area (Å²) in [5, 5.41) is 14.2. The van der Waals surface area contributed by atoms with Gasteiger partial charge in [-0.1, -0.05) is 5.92 Å². The molecule has 6 heteroatoms. The first-order valence-corrected chi connectivity index (χ1v) is 4.76. The Balaban J connectivity index is 4.79. The van der Waals surface area contributed by atoms with Crippen LogP contribution in [0.3, 0.4) is 0 Å². The van der Waals surface area contributed by atoms with Crippen molar-refractivity contribution in [2.75, 3.05) is 18.8 Å². The topological polar surface area (TPSA) is 90.9 Å². The molecule has 0 aromatic heterocycles. The number of carbonyl (C=O) groups is 1. The Kier molecular flexibility index (Phi) is 6.69. The summed E-state index contributed by atoms with van der Waals surface area (Å²) in [5.41, 5.74) is 4.85. The van der Waals surface area contributed by atoms with Crippen LogP contribution in [0.2, 0.25) is 0 Å². The molecule has 0 aromatic carbocycles. The van der Waals surface area contributed by atoms with E-state index < -0.39 is 5.91 Å². The molecule has 0 spiro atoms. The molecule has 0 aliphatic rings. The molecule has 4 N–H and O–H groups in total. The Hall–Kier alpha value is -1.79. The number of primary amides is 1. The number of nitrogens with two attached hydrogens (primary N) is 1. The molecular formula is C9H12N4OS. The molecule has 0 saturated carbocycles. The first-order chi connectivity index (χ1) is 7.17. The molecule has 0 radical (unpaired) electrons. The predicted molar refractivity (Wildman–Crippen MR) is 60.5 cm³/mol. The molecule has 0 atom stereocenters. The number of hydrogen-bond donors (Lipinski definition) is 4. The van der Waals surface area contributed by atoms with Gasteiger partial charge >= 0.3 is 0 Å². The van der Waals surface area contributed by atoms with Gasteiger partial charge in [-0.25, -0.2) is 0 Å². The van der Waals surface area contributed by atoms with Crippen molar-refractivity contribution in [2.45, 2.75) is 0 Å². The van der Waals surface area contributed by atoms with Crippen molar-refractivity contribution in [1.29, 1.82) is 5.26 Å². The summed E-state index contributed by atoms with van der Waals surface area (Å²) < 4.78 is 0. The Labute approximate surface area is 94.1 Å². The molecule has 5 nitrogen and oxygen atoms in total. The van der Waals surface area contributed by atoms with Crippen LogP contribution in [0.25, 0.3) is 0 Å². The number of nitriles is 1. The standard InChI is InChI=1S/C9H12N4OS/c1-2-3-12-9(13-4-5-15)7(6-10)8(11)14/h1,12-13,15H,3-5H2,(H2,11,14)/b9-7-. The third-order valence-electron chi connectivity index (χ3n) is 1.39. The lowest BCUT2D eigenvalue weighted by Gasteiger charge is -2.11. The molecule has 0 unspecified atom stereocenters. The lowest BCUT2D eigenvalue weighted by molar-refractivity contribution is -0.114. The van der Waals surface area contributed by atoms with Gasteiger partial charge in [0.15, 0.2) is 5.57 Å². The van der Waals surface area contributed by atoms with Crippen molar-refractivity contribution in [3.63, 3.8) is 0 Å². The average molecular weight is 224 g/mol. The quantitative estimate of drug-likeness (QED) is 0.200. The van der Waals surface area contributed by atoms with E-state index in [-0.39, 0.29) is 17.9 Å². The van der Waals surface area contributed by atoms with E-state index in [1.54, 1.807) is 6.07 Å². The van der Waals surface area contributed by atoms with E-state index >= 15 is 0 Å². The summed E-state index contributed by atoms with van der Waals surface area (Å²) in [6.07, 6.45) is 5.05. The van der Waals surface area contributed by atoms with Gasteiger partial charge in [0.1, 0.15) is 11.9 Å². The number of terminal acetylenes is 1. The van der Waals surface area contributed by atoms with Gasteiger partial charge in [0, 0.05) is 12.3 Å². The SMILES string of the molecule is C#CCN/C(NCCS)=C(\C#N)C(N)=O. The van der Waals surface area contributed by atoms with E-state index in [4.69, 9.17) is 17.4 Å². The van der Waals surface area contributed by atoms with Gasteiger partial charge in [-0.05, 0) is 0 Å². The number of rotatable bonds is 6. The highest BCUT2D eigenvalue weighted by molar-refractivity contribution is 7.80. The average Bonchev–Trinajstić information content (AvgIpc) is 2.21. The lowest BCUT2D eigenvalue weighted by atomic mass is 10.2. The highest BCUT2D eigenvalue weighted by Crippen LogP contribution is 1.96. The van der Waals surface area contributed by atoms with Crippen LogP contribution in [0.1, 0.15) is 0 Å².